The van der Waals surface area contributed by atoms with Gasteiger partial charge in [0.25, 0.3) is 5.91 Å². The van der Waals surface area contributed by atoms with E-state index in [0.717, 1.165) is 36.1 Å². The first-order chi connectivity index (χ1) is 16.0. The highest BCUT2D eigenvalue weighted by Gasteiger charge is 2.43. The van der Waals surface area contributed by atoms with Gasteiger partial charge in [-0.3, -0.25) is 4.79 Å². The molecule has 0 aromatic heterocycles. The molecule has 3 aromatic rings. The van der Waals surface area contributed by atoms with Gasteiger partial charge in [-0.2, -0.15) is 5.10 Å². The topological polar surface area (TPSA) is 32.7 Å². The molecule has 1 amide bonds. The Labute approximate surface area is 208 Å². The molecule has 2 aliphatic rings. The summed E-state index contributed by atoms with van der Waals surface area (Å²) in [6.45, 7) is 0. The van der Waals surface area contributed by atoms with E-state index < -0.39 is 0 Å². The zero-order valence-corrected chi connectivity index (χ0v) is 20.0. The fraction of sp³-hybridized carbons (Fsp3) is 0.185. The first-order valence-electron chi connectivity index (χ1n) is 10.9. The van der Waals surface area contributed by atoms with Crippen molar-refractivity contribution in [2.75, 3.05) is 0 Å². The fourth-order valence-corrected chi connectivity index (χ4v) is 5.02. The van der Waals surface area contributed by atoms with Crippen molar-refractivity contribution < 1.29 is 4.79 Å². The van der Waals surface area contributed by atoms with Gasteiger partial charge in [-0.15, -0.1) is 0 Å². The zero-order chi connectivity index (χ0) is 22.9. The summed E-state index contributed by atoms with van der Waals surface area (Å²) in [6.07, 6.45) is 5.09. The van der Waals surface area contributed by atoms with E-state index in [1.165, 1.54) is 5.57 Å². The number of allylic oxidation sites excluding steroid dienone is 1. The number of amides is 1. The van der Waals surface area contributed by atoms with Crippen molar-refractivity contribution in [3.63, 3.8) is 0 Å². The summed E-state index contributed by atoms with van der Waals surface area (Å²) in [5, 5.41) is 8.54. The average Bonchev–Trinajstić information content (AvgIpc) is 3.22. The Kier molecular flexibility index (Phi) is 6.29. The smallest absolute Gasteiger partial charge is 0.267 e. The van der Waals surface area contributed by atoms with Gasteiger partial charge >= 0.3 is 0 Å². The predicted octanol–water partition coefficient (Wildman–Crippen LogP) is 8.08. The number of hydrazone groups is 1. The monoisotopic (exact) mass is 494 g/mol. The maximum atomic E-state index is 13.6. The molecule has 33 heavy (non-hydrogen) atoms. The van der Waals surface area contributed by atoms with Crippen molar-refractivity contribution in [2.45, 2.75) is 25.3 Å². The molecule has 1 aliphatic carbocycles. The van der Waals surface area contributed by atoms with Crippen molar-refractivity contribution in [1.82, 2.24) is 5.01 Å². The third kappa shape index (κ3) is 4.59. The maximum absolute atomic E-state index is 13.6. The number of halogens is 3. The minimum Gasteiger partial charge on any atom is -0.267 e. The Morgan fingerprint density at radius 1 is 0.848 bits per heavy atom. The lowest BCUT2D eigenvalue weighted by molar-refractivity contribution is 0.0681. The van der Waals surface area contributed by atoms with Gasteiger partial charge in [0, 0.05) is 26.5 Å². The van der Waals surface area contributed by atoms with E-state index in [1.807, 2.05) is 48.5 Å². The number of nitrogens with zero attached hydrogens (tertiary/aromatic N) is 2. The molecule has 1 saturated carbocycles. The maximum Gasteiger partial charge on any atom is 0.274 e. The van der Waals surface area contributed by atoms with Crippen LogP contribution in [0.2, 0.25) is 15.1 Å². The molecule has 1 aliphatic heterocycles. The van der Waals surface area contributed by atoms with Crippen LogP contribution in [0.4, 0.5) is 0 Å². The van der Waals surface area contributed by atoms with Crippen LogP contribution in [0, 0.1) is 5.92 Å². The second kappa shape index (κ2) is 9.34. The lowest BCUT2D eigenvalue weighted by Gasteiger charge is -2.29. The Balaban J connectivity index is 1.57. The van der Waals surface area contributed by atoms with Crippen LogP contribution in [0.15, 0.2) is 83.5 Å². The van der Waals surface area contributed by atoms with Gasteiger partial charge in [0.05, 0.1) is 11.8 Å². The van der Waals surface area contributed by atoms with Crippen molar-refractivity contribution in [3.8, 4) is 0 Å². The number of carbonyl (C=O) groups excluding carboxylic acids is 1. The summed E-state index contributed by atoms with van der Waals surface area (Å²) < 4.78 is 0. The van der Waals surface area contributed by atoms with E-state index in [4.69, 9.17) is 39.9 Å². The van der Waals surface area contributed by atoms with E-state index >= 15 is 0 Å². The van der Waals surface area contributed by atoms with Crippen LogP contribution in [-0.2, 0) is 0 Å². The third-order valence-corrected chi connectivity index (χ3v) is 6.98. The fourth-order valence-electron chi connectivity index (χ4n) is 4.65. The van der Waals surface area contributed by atoms with E-state index in [0.29, 0.717) is 20.6 Å². The summed E-state index contributed by atoms with van der Waals surface area (Å²) in [5.74, 6) is -0.0194. The van der Waals surface area contributed by atoms with Gasteiger partial charge in [0.2, 0.25) is 0 Å². The minimum absolute atomic E-state index is 0.120. The molecule has 0 saturated heterocycles. The van der Waals surface area contributed by atoms with Crippen LogP contribution in [0.3, 0.4) is 0 Å². The summed E-state index contributed by atoms with van der Waals surface area (Å²) in [6, 6.07) is 22.3. The van der Waals surface area contributed by atoms with Crippen LogP contribution in [0.1, 0.15) is 46.8 Å². The van der Waals surface area contributed by atoms with Crippen LogP contribution in [0.25, 0.3) is 6.08 Å². The molecule has 1 fully saturated rings. The second-order valence-corrected chi connectivity index (χ2v) is 9.67. The van der Waals surface area contributed by atoms with E-state index in [2.05, 4.69) is 6.08 Å². The van der Waals surface area contributed by atoms with Crippen LogP contribution >= 0.6 is 34.8 Å². The molecule has 0 radical (unpaired) electrons. The van der Waals surface area contributed by atoms with Crippen molar-refractivity contribution in [1.29, 1.82) is 0 Å². The minimum atomic E-state index is -0.186. The van der Waals surface area contributed by atoms with Gasteiger partial charge < -0.3 is 0 Å². The molecule has 5 rings (SSSR count). The Morgan fingerprint density at radius 3 is 2.06 bits per heavy atom. The Hall–Kier alpha value is -2.59. The molecule has 2 unspecified atom stereocenters. The molecule has 0 N–H and O–H groups in total. The van der Waals surface area contributed by atoms with Crippen molar-refractivity contribution >= 4 is 52.5 Å². The molecule has 0 bridgehead atoms. The van der Waals surface area contributed by atoms with Gasteiger partial charge in [-0.1, -0.05) is 59.1 Å². The highest BCUT2D eigenvalue weighted by molar-refractivity contribution is 6.31. The summed E-state index contributed by atoms with van der Waals surface area (Å²) >= 11 is 18.2. The second-order valence-electron chi connectivity index (χ2n) is 8.36. The van der Waals surface area contributed by atoms with Crippen LogP contribution in [0.5, 0.6) is 0 Å². The number of rotatable bonds is 3. The number of carbonyl (C=O) groups is 1. The third-order valence-electron chi connectivity index (χ3n) is 6.22. The highest BCUT2D eigenvalue weighted by Crippen LogP contribution is 2.45. The summed E-state index contributed by atoms with van der Waals surface area (Å²) in [5.41, 5.74) is 4.81. The van der Waals surface area contributed by atoms with Gasteiger partial charge in [-0.25, -0.2) is 5.01 Å². The molecule has 166 valence electrons. The number of hydrogen-bond donors (Lipinski definition) is 0. The molecule has 2 atom stereocenters. The predicted molar refractivity (Wildman–Crippen MR) is 136 cm³/mol. The van der Waals surface area contributed by atoms with Crippen LogP contribution < -0.4 is 0 Å². The number of benzene rings is 3. The lowest BCUT2D eigenvalue weighted by Crippen LogP contribution is -2.31. The molecule has 0 spiro atoms. The first kappa shape index (κ1) is 22.2. The van der Waals surface area contributed by atoms with E-state index in [9.17, 15) is 4.79 Å². The highest BCUT2D eigenvalue weighted by atomic mass is 35.5. The number of fused-ring (bicyclic) bond motifs is 1. The Bertz CT molecular complexity index is 1230. The van der Waals surface area contributed by atoms with Crippen molar-refractivity contribution in [3.05, 3.63) is 110 Å². The quantitative estimate of drug-likeness (QED) is 0.361. The number of hydrogen-bond acceptors (Lipinski definition) is 2. The SMILES string of the molecule is O=C(c1ccc(Cl)cc1)N1N=C2C(=Cc3ccc(Cl)cc3)CCCC2C1c1ccc(Cl)cc1. The molecular formula is C27H21Cl3N2O. The molecule has 3 nitrogen and oxygen atoms in total. The van der Waals surface area contributed by atoms with Gasteiger partial charge in [-0.05, 0) is 90.6 Å². The molecule has 3 aromatic carbocycles. The normalized spacial score (nSPS) is 21.1. The molecule has 1 heterocycles. The summed E-state index contributed by atoms with van der Waals surface area (Å²) in [7, 11) is 0. The lowest BCUT2D eigenvalue weighted by atomic mass is 9.77. The average molecular weight is 496 g/mol. The first-order valence-corrected chi connectivity index (χ1v) is 12.0. The van der Waals surface area contributed by atoms with Gasteiger partial charge in [0.15, 0.2) is 0 Å². The largest absolute Gasteiger partial charge is 0.274 e. The van der Waals surface area contributed by atoms with Gasteiger partial charge in [0.1, 0.15) is 0 Å². The van der Waals surface area contributed by atoms with Crippen molar-refractivity contribution in [2.24, 2.45) is 11.0 Å². The summed E-state index contributed by atoms with van der Waals surface area (Å²) in [4.78, 5) is 13.6. The van der Waals surface area contributed by atoms with E-state index in [1.54, 1.807) is 29.3 Å². The Morgan fingerprint density at radius 2 is 1.42 bits per heavy atom. The van der Waals surface area contributed by atoms with E-state index in [-0.39, 0.29) is 17.9 Å². The molecule has 6 heteroatoms. The van der Waals surface area contributed by atoms with Crippen LogP contribution in [-0.4, -0.2) is 16.6 Å². The molecular weight excluding hydrogens is 475 g/mol. The zero-order valence-electron chi connectivity index (χ0n) is 17.7. The standard InChI is InChI=1S/C27H21Cl3N2O/c28-21-10-4-17(5-11-21)16-20-2-1-3-24-25(20)31-32(26(24)18-6-12-22(29)13-7-18)27(33)19-8-14-23(30)15-9-19/h4-16,24,26H,1-3H2.